The van der Waals surface area contributed by atoms with Crippen molar-refractivity contribution < 1.29 is 9.59 Å². The molecule has 1 aliphatic rings. The van der Waals surface area contributed by atoms with Gasteiger partial charge in [-0.05, 0) is 45.1 Å². The number of nitrogens with one attached hydrogen (secondary N) is 2. The summed E-state index contributed by atoms with van der Waals surface area (Å²) < 4.78 is 0. The summed E-state index contributed by atoms with van der Waals surface area (Å²) in [7, 11) is 0. The molecule has 0 bridgehead atoms. The van der Waals surface area contributed by atoms with Crippen molar-refractivity contribution in [2.75, 3.05) is 6.54 Å². The third-order valence-electron chi connectivity index (χ3n) is 3.74. The van der Waals surface area contributed by atoms with Crippen LogP contribution in [0.5, 0.6) is 0 Å². The van der Waals surface area contributed by atoms with E-state index in [1.165, 1.54) is 6.92 Å². The minimum atomic E-state index is -0.191. The average molecular weight is 300 g/mol. The van der Waals surface area contributed by atoms with Crippen molar-refractivity contribution >= 4 is 24.1 Å². The molecule has 0 spiro atoms. The fourth-order valence-corrected chi connectivity index (χ4v) is 2.50. The van der Waals surface area contributed by atoms with E-state index in [9.17, 15) is 9.59 Å². The quantitative estimate of drug-likeness (QED) is 0.723. The number of nitrogens with two attached hydrogens (primary N) is 1. The molecule has 1 amide bonds. The van der Waals surface area contributed by atoms with Crippen molar-refractivity contribution in [3.8, 4) is 0 Å². The highest BCUT2D eigenvalue weighted by molar-refractivity contribution is 6.02. The molecule has 1 heterocycles. The Kier molecular flexibility index (Phi) is 5.36. The van der Waals surface area contributed by atoms with Crippen molar-refractivity contribution in [2.45, 2.75) is 39.7 Å². The summed E-state index contributed by atoms with van der Waals surface area (Å²) in [6.07, 6.45) is 2.32. The molecule has 1 saturated carbocycles. The van der Waals surface area contributed by atoms with Gasteiger partial charge < -0.3 is 16.0 Å². The van der Waals surface area contributed by atoms with Crippen LogP contribution >= 0.6 is 12.4 Å². The molecule has 0 saturated heterocycles. The highest BCUT2D eigenvalue weighted by Gasteiger charge is 2.29. The summed E-state index contributed by atoms with van der Waals surface area (Å²) in [4.78, 5) is 26.6. The van der Waals surface area contributed by atoms with E-state index in [2.05, 4.69) is 10.3 Å². The predicted octanol–water partition coefficient (Wildman–Crippen LogP) is 1.72. The number of aromatic nitrogens is 1. The van der Waals surface area contributed by atoms with Gasteiger partial charge in [-0.25, -0.2) is 0 Å². The topological polar surface area (TPSA) is 88.0 Å². The number of halogens is 1. The van der Waals surface area contributed by atoms with Crippen LogP contribution in [0.4, 0.5) is 0 Å². The summed E-state index contributed by atoms with van der Waals surface area (Å²) in [5.74, 6) is 0.337. The van der Waals surface area contributed by atoms with Crippen LogP contribution in [-0.2, 0) is 0 Å². The van der Waals surface area contributed by atoms with Gasteiger partial charge in [-0.3, -0.25) is 9.59 Å². The number of carbonyl (C=O) groups is 2. The molecule has 1 unspecified atom stereocenters. The first-order valence-corrected chi connectivity index (χ1v) is 6.65. The zero-order valence-electron chi connectivity index (χ0n) is 12.1. The molecule has 1 aromatic heterocycles. The molecule has 0 aromatic carbocycles. The van der Waals surface area contributed by atoms with Crippen LogP contribution < -0.4 is 11.1 Å². The number of H-pyrrole nitrogens is 1. The van der Waals surface area contributed by atoms with E-state index >= 15 is 0 Å². The normalized spacial score (nSPS) is 15.4. The molecule has 1 aromatic rings. The number of Topliss-reactive ketones (excluding diaryl/α,β-unsaturated/α-hetero) is 1. The molecule has 1 atom stereocenters. The Balaban J connectivity index is 0.00000200. The third kappa shape index (κ3) is 3.41. The molecule has 0 radical (unpaired) electrons. The third-order valence-corrected chi connectivity index (χ3v) is 3.74. The summed E-state index contributed by atoms with van der Waals surface area (Å²) in [6.45, 7) is 5.58. The highest BCUT2D eigenvalue weighted by atomic mass is 35.5. The van der Waals surface area contributed by atoms with Crippen molar-refractivity contribution in [1.29, 1.82) is 0 Å². The van der Waals surface area contributed by atoms with Crippen LogP contribution in [0.15, 0.2) is 0 Å². The molecule has 20 heavy (non-hydrogen) atoms. The Morgan fingerprint density at radius 2 is 2.00 bits per heavy atom. The fraction of sp³-hybridized carbons (Fsp3) is 0.571. The highest BCUT2D eigenvalue weighted by Crippen LogP contribution is 2.31. The lowest BCUT2D eigenvalue weighted by Gasteiger charge is -2.11. The molecule has 5 nitrogen and oxygen atoms in total. The van der Waals surface area contributed by atoms with Gasteiger partial charge in [0.1, 0.15) is 5.69 Å². The van der Waals surface area contributed by atoms with Crippen LogP contribution in [0.3, 0.4) is 0 Å². The van der Waals surface area contributed by atoms with Crippen LogP contribution in [0.1, 0.15) is 51.9 Å². The molecule has 6 heteroatoms. The molecular formula is C14H22ClN3O2. The van der Waals surface area contributed by atoms with Crippen LogP contribution in [0, 0.1) is 19.8 Å². The van der Waals surface area contributed by atoms with Gasteiger partial charge in [-0.2, -0.15) is 0 Å². The van der Waals surface area contributed by atoms with Gasteiger partial charge in [0, 0.05) is 23.8 Å². The zero-order chi connectivity index (χ0) is 14.2. The molecule has 0 aliphatic heterocycles. The maximum atomic E-state index is 12.1. The van der Waals surface area contributed by atoms with E-state index in [0.29, 0.717) is 29.3 Å². The van der Waals surface area contributed by atoms with Gasteiger partial charge in [-0.1, -0.05) is 0 Å². The van der Waals surface area contributed by atoms with Crippen molar-refractivity contribution in [3.05, 3.63) is 22.5 Å². The first-order chi connectivity index (χ1) is 8.91. The first-order valence-electron chi connectivity index (χ1n) is 6.65. The van der Waals surface area contributed by atoms with Gasteiger partial charge in [0.2, 0.25) is 0 Å². The summed E-state index contributed by atoms with van der Waals surface area (Å²) in [6, 6.07) is 0.0348. The Morgan fingerprint density at radius 1 is 1.40 bits per heavy atom. The summed E-state index contributed by atoms with van der Waals surface area (Å²) in [5, 5.41) is 2.83. The maximum absolute atomic E-state index is 12.1. The van der Waals surface area contributed by atoms with Crippen LogP contribution in [0.25, 0.3) is 0 Å². The van der Waals surface area contributed by atoms with Crippen molar-refractivity contribution in [3.63, 3.8) is 0 Å². The van der Waals surface area contributed by atoms with E-state index in [-0.39, 0.29) is 30.1 Å². The second-order valence-electron chi connectivity index (χ2n) is 5.39. The minimum Gasteiger partial charge on any atom is -0.354 e. The molecule has 1 aliphatic carbocycles. The lowest BCUT2D eigenvalue weighted by Crippen LogP contribution is -2.38. The van der Waals surface area contributed by atoms with E-state index in [0.717, 1.165) is 18.5 Å². The molecule has 1 fully saturated rings. The van der Waals surface area contributed by atoms with Crippen LogP contribution in [0.2, 0.25) is 0 Å². The number of carbonyl (C=O) groups excluding carboxylic acids is 2. The van der Waals surface area contributed by atoms with E-state index in [1.54, 1.807) is 13.8 Å². The first kappa shape index (κ1) is 16.7. The van der Waals surface area contributed by atoms with Crippen molar-refractivity contribution in [2.24, 2.45) is 11.7 Å². The Hall–Kier alpha value is -1.33. The molecular weight excluding hydrogens is 278 g/mol. The lowest BCUT2D eigenvalue weighted by molar-refractivity contribution is 0.0945. The van der Waals surface area contributed by atoms with Gasteiger partial charge in [-0.15, -0.1) is 12.4 Å². The summed E-state index contributed by atoms with van der Waals surface area (Å²) >= 11 is 0. The van der Waals surface area contributed by atoms with Crippen molar-refractivity contribution in [1.82, 2.24) is 10.3 Å². The van der Waals surface area contributed by atoms with Gasteiger partial charge in [0.05, 0.1) is 0 Å². The number of hydrogen-bond acceptors (Lipinski definition) is 3. The number of aryl methyl sites for hydroxylation is 1. The van der Waals surface area contributed by atoms with E-state index in [4.69, 9.17) is 5.73 Å². The van der Waals surface area contributed by atoms with Gasteiger partial charge in [0.25, 0.3) is 5.91 Å². The largest absolute Gasteiger partial charge is 0.354 e. The smallest absolute Gasteiger partial charge is 0.268 e. The van der Waals surface area contributed by atoms with E-state index in [1.807, 2.05) is 0 Å². The number of aromatic amines is 1. The zero-order valence-corrected chi connectivity index (χ0v) is 12.9. The number of rotatable bonds is 5. The second kappa shape index (κ2) is 6.41. The standard InChI is InChI=1S/C14H21N3O2.ClH/c1-7-12(9(3)18)8(2)17-13(7)14(19)16-6-11(15)10-4-5-10;/h10-11,17H,4-6,15H2,1-3H3,(H,16,19);1H. The maximum Gasteiger partial charge on any atom is 0.268 e. The average Bonchev–Trinajstić information content (AvgIpc) is 3.12. The Labute approximate surface area is 125 Å². The SMILES string of the molecule is CC(=O)c1c(C)[nH]c(C(=O)NCC(N)C2CC2)c1C.Cl. The molecule has 112 valence electrons. The number of ketones is 1. The lowest BCUT2D eigenvalue weighted by atomic mass is 10.1. The van der Waals surface area contributed by atoms with Crippen LogP contribution in [-0.4, -0.2) is 29.3 Å². The number of hydrogen-bond donors (Lipinski definition) is 3. The molecule has 2 rings (SSSR count). The Bertz CT molecular complexity index is 521. The Morgan fingerprint density at radius 3 is 2.45 bits per heavy atom. The van der Waals surface area contributed by atoms with Gasteiger partial charge >= 0.3 is 0 Å². The fourth-order valence-electron chi connectivity index (χ4n) is 2.50. The predicted molar refractivity (Wildman–Crippen MR) is 80.6 cm³/mol. The van der Waals surface area contributed by atoms with E-state index < -0.39 is 0 Å². The minimum absolute atomic E-state index is 0. The second-order valence-corrected chi connectivity index (χ2v) is 5.39. The number of amides is 1. The monoisotopic (exact) mass is 299 g/mol. The van der Waals surface area contributed by atoms with Gasteiger partial charge in [0.15, 0.2) is 5.78 Å². The summed E-state index contributed by atoms with van der Waals surface area (Å²) in [5.41, 5.74) is 8.47. The molecule has 4 N–H and O–H groups in total.